The maximum absolute atomic E-state index is 14.9. The van der Waals surface area contributed by atoms with Crippen LogP contribution in [0.2, 0.25) is 0 Å². The second-order valence-corrected chi connectivity index (χ2v) is 8.01. The van der Waals surface area contributed by atoms with Gasteiger partial charge < -0.3 is 20.0 Å². The highest BCUT2D eigenvalue weighted by Gasteiger charge is 2.28. The van der Waals surface area contributed by atoms with Crippen molar-refractivity contribution in [1.82, 2.24) is 24.7 Å². The van der Waals surface area contributed by atoms with Crippen molar-refractivity contribution in [2.24, 2.45) is 0 Å². The Bertz CT molecular complexity index is 1320. The van der Waals surface area contributed by atoms with Crippen molar-refractivity contribution in [3.05, 3.63) is 42.4 Å². The lowest BCUT2D eigenvalue weighted by Crippen LogP contribution is -2.20. The van der Waals surface area contributed by atoms with E-state index in [4.69, 9.17) is 10.2 Å². The van der Waals surface area contributed by atoms with Crippen LogP contribution in [0.4, 0.5) is 26.7 Å². The van der Waals surface area contributed by atoms with E-state index in [9.17, 15) is 9.18 Å². The predicted octanol–water partition coefficient (Wildman–Crippen LogP) is 4.30. The third-order valence-electron chi connectivity index (χ3n) is 5.26. The molecule has 3 aromatic heterocycles. The van der Waals surface area contributed by atoms with E-state index < -0.39 is 11.8 Å². The van der Waals surface area contributed by atoms with Crippen LogP contribution < -0.4 is 16.4 Å². The number of anilines is 3. The molecule has 4 aromatic rings. The van der Waals surface area contributed by atoms with E-state index in [0.717, 1.165) is 24.1 Å². The van der Waals surface area contributed by atoms with Crippen molar-refractivity contribution >= 4 is 34.6 Å². The topological polar surface area (TPSA) is 137 Å². The zero-order valence-electron chi connectivity index (χ0n) is 17.5. The maximum atomic E-state index is 14.9. The molecule has 3 heterocycles. The van der Waals surface area contributed by atoms with Crippen LogP contribution in [0.25, 0.3) is 22.2 Å². The molecule has 1 aliphatic rings. The number of rotatable bonds is 5. The van der Waals surface area contributed by atoms with Gasteiger partial charge in [0.05, 0.1) is 11.1 Å². The Balaban J connectivity index is 1.39. The largest absolute Gasteiger partial charge is 0.408 e. The quantitative estimate of drug-likeness (QED) is 0.424. The van der Waals surface area contributed by atoms with E-state index in [1.54, 1.807) is 6.07 Å². The third-order valence-corrected chi connectivity index (χ3v) is 5.26. The van der Waals surface area contributed by atoms with Crippen molar-refractivity contribution < 1.29 is 13.6 Å². The summed E-state index contributed by atoms with van der Waals surface area (Å²) in [5.41, 5.74) is 8.20. The lowest BCUT2D eigenvalue weighted by atomic mass is 10.1. The molecule has 0 radical (unpaired) electrons. The molecule has 0 bridgehead atoms. The number of benzene rings is 1. The highest BCUT2D eigenvalue weighted by molar-refractivity contribution is 6.02. The van der Waals surface area contributed by atoms with Crippen LogP contribution in [0.3, 0.4) is 0 Å². The lowest BCUT2D eigenvalue weighted by Gasteiger charge is -2.08. The van der Waals surface area contributed by atoms with E-state index >= 15 is 0 Å². The van der Waals surface area contributed by atoms with Crippen molar-refractivity contribution in [2.75, 3.05) is 16.4 Å². The maximum Gasteiger partial charge on any atom is 0.327 e. The van der Waals surface area contributed by atoms with Gasteiger partial charge in [0.15, 0.2) is 0 Å². The van der Waals surface area contributed by atoms with Gasteiger partial charge in [0.1, 0.15) is 23.6 Å². The Kier molecular flexibility index (Phi) is 4.72. The van der Waals surface area contributed by atoms with Gasteiger partial charge in [-0.3, -0.25) is 5.32 Å². The first kappa shape index (κ1) is 19.9. The number of aromatic nitrogens is 5. The fourth-order valence-corrected chi connectivity index (χ4v) is 3.51. The molecule has 1 saturated carbocycles. The number of hydrogen-bond acceptors (Lipinski definition) is 7. The number of nitrogens with one attached hydrogen (secondary N) is 2. The first-order chi connectivity index (χ1) is 15.4. The summed E-state index contributed by atoms with van der Waals surface area (Å²) in [7, 11) is 0. The molecule has 0 saturated heterocycles. The Morgan fingerprint density at radius 3 is 2.75 bits per heavy atom. The summed E-state index contributed by atoms with van der Waals surface area (Å²) in [6.07, 6.45) is 5.50. The smallest absolute Gasteiger partial charge is 0.327 e. The average molecular weight is 436 g/mol. The number of hydrogen-bond donors (Lipinski definition) is 3. The van der Waals surface area contributed by atoms with Crippen molar-refractivity contribution in [2.45, 2.75) is 38.6 Å². The minimum atomic E-state index is -0.696. The van der Waals surface area contributed by atoms with Gasteiger partial charge in [-0.05, 0) is 30.5 Å². The lowest BCUT2D eigenvalue weighted by molar-refractivity contribution is 0.261. The molecule has 1 fully saturated rings. The summed E-state index contributed by atoms with van der Waals surface area (Å²) >= 11 is 0. The average Bonchev–Trinajstić information content (AvgIpc) is 3.35. The van der Waals surface area contributed by atoms with E-state index in [-0.39, 0.29) is 17.6 Å². The van der Waals surface area contributed by atoms with Gasteiger partial charge >= 0.3 is 12.0 Å². The minimum Gasteiger partial charge on any atom is -0.408 e. The van der Waals surface area contributed by atoms with E-state index in [1.165, 1.54) is 18.5 Å². The van der Waals surface area contributed by atoms with Crippen LogP contribution in [0.1, 0.15) is 44.5 Å². The van der Waals surface area contributed by atoms with Crippen LogP contribution in [0.15, 0.2) is 35.1 Å². The van der Waals surface area contributed by atoms with Gasteiger partial charge in [0.2, 0.25) is 5.89 Å². The molecule has 10 nitrogen and oxygen atoms in total. The van der Waals surface area contributed by atoms with Crippen LogP contribution in [-0.4, -0.2) is 30.8 Å². The Morgan fingerprint density at radius 1 is 1.25 bits per heavy atom. The fourth-order valence-electron chi connectivity index (χ4n) is 3.51. The molecule has 4 N–H and O–H groups in total. The van der Waals surface area contributed by atoms with Gasteiger partial charge in [-0.15, -0.1) is 5.10 Å². The van der Waals surface area contributed by atoms with E-state index in [0.29, 0.717) is 28.7 Å². The number of nitrogens with two attached hydrogens (primary N) is 1. The van der Waals surface area contributed by atoms with E-state index in [1.807, 2.05) is 20.0 Å². The molecule has 0 atom stereocenters. The number of nitrogens with zero attached hydrogens (tertiary/aromatic N) is 5. The molecule has 2 amide bonds. The van der Waals surface area contributed by atoms with Gasteiger partial charge in [-0.1, -0.05) is 25.0 Å². The number of amides is 2. The molecule has 0 spiro atoms. The van der Waals surface area contributed by atoms with Gasteiger partial charge in [-0.25, -0.2) is 19.2 Å². The number of fused-ring (bicyclic) bond motifs is 1. The Hall–Kier alpha value is -4.02. The number of carbonyl (C=O) groups excluding carboxylic acids is 1. The van der Waals surface area contributed by atoms with Gasteiger partial charge in [0.25, 0.3) is 0 Å². The third kappa shape index (κ3) is 3.61. The number of urea groups is 1. The minimum absolute atomic E-state index is 0.00463. The van der Waals surface area contributed by atoms with Crippen LogP contribution in [-0.2, 0) is 0 Å². The standard InChI is InChI=1S/C21H21FN8O2/c1-10(2)19-28-29-21(32-19)27-20(31)26-15-6-3-11(7-14(15)22)13-8-30(12-4-5-12)18-16(13)17(23)24-9-25-18/h3,6-10,12H,4-5H2,1-2H3,(H2,23,24,25)(H2,26,27,29,31). The molecule has 1 aliphatic carbocycles. The fraction of sp³-hybridized carbons (Fsp3) is 0.286. The summed E-state index contributed by atoms with van der Waals surface area (Å²) in [4.78, 5) is 20.7. The van der Waals surface area contributed by atoms with Crippen LogP contribution >= 0.6 is 0 Å². The van der Waals surface area contributed by atoms with Crippen LogP contribution in [0, 0.1) is 5.82 Å². The van der Waals surface area contributed by atoms with Crippen molar-refractivity contribution in [1.29, 1.82) is 0 Å². The molecule has 164 valence electrons. The highest BCUT2D eigenvalue weighted by atomic mass is 19.1. The summed E-state index contributed by atoms with van der Waals surface area (Å²) in [6.45, 7) is 3.77. The summed E-state index contributed by atoms with van der Waals surface area (Å²) in [5.74, 6) is 0.154. The Labute approximate surface area is 182 Å². The second kappa shape index (κ2) is 7.59. The second-order valence-electron chi connectivity index (χ2n) is 8.01. The zero-order valence-corrected chi connectivity index (χ0v) is 17.5. The summed E-state index contributed by atoms with van der Waals surface area (Å²) < 4.78 is 22.3. The predicted molar refractivity (Wildman–Crippen MR) is 117 cm³/mol. The molecule has 5 rings (SSSR count). The molecular formula is C21H21FN8O2. The number of nitrogen functional groups attached to an aromatic ring is 1. The molecule has 11 heteroatoms. The molecule has 32 heavy (non-hydrogen) atoms. The monoisotopic (exact) mass is 436 g/mol. The van der Waals surface area contributed by atoms with E-state index in [2.05, 4.69) is 35.4 Å². The first-order valence-corrected chi connectivity index (χ1v) is 10.2. The van der Waals surface area contributed by atoms with Crippen molar-refractivity contribution in [3.63, 3.8) is 0 Å². The molecule has 0 unspecified atom stereocenters. The van der Waals surface area contributed by atoms with Gasteiger partial charge in [-0.2, -0.15) is 0 Å². The SMILES string of the molecule is CC(C)c1nnc(NC(=O)Nc2ccc(-c3cn(C4CC4)c4ncnc(N)c34)cc2F)o1. The van der Waals surface area contributed by atoms with Crippen LogP contribution in [0.5, 0.6) is 0 Å². The zero-order chi connectivity index (χ0) is 22.4. The molecule has 1 aromatic carbocycles. The molecular weight excluding hydrogens is 415 g/mol. The van der Waals surface area contributed by atoms with Gasteiger partial charge in [0, 0.05) is 23.7 Å². The Morgan fingerprint density at radius 2 is 2.06 bits per heavy atom. The first-order valence-electron chi connectivity index (χ1n) is 10.2. The summed E-state index contributed by atoms with van der Waals surface area (Å²) in [6, 6.07) is 4.15. The number of carbonyl (C=O) groups is 1. The number of halogens is 1. The highest BCUT2D eigenvalue weighted by Crippen LogP contribution is 2.42. The summed E-state index contributed by atoms with van der Waals surface area (Å²) in [5, 5.41) is 13.1. The van der Waals surface area contributed by atoms with Crippen molar-refractivity contribution in [3.8, 4) is 11.1 Å². The molecule has 0 aliphatic heterocycles. The normalized spacial score (nSPS) is 13.6.